The van der Waals surface area contributed by atoms with Crippen LogP contribution in [0, 0.1) is 0 Å². The first kappa shape index (κ1) is 10.1. The molecule has 0 fully saturated rings. The van der Waals surface area contributed by atoms with Gasteiger partial charge in [0, 0.05) is 11.0 Å². The summed E-state index contributed by atoms with van der Waals surface area (Å²) in [5, 5.41) is 2.54. The molecule has 0 aliphatic rings. The third kappa shape index (κ3) is 3.46. The molecule has 0 atom stereocenters. The number of nitrogens with one attached hydrogen (secondary N) is 1. The highest BCUT2D eigenvalue weighted by molar-refractivity contribution is 9.10. The molecule has 0 aliphatic carbocycles. The van der Waals surface area contributed by atoms with Gasteiger partial charge in [0.25, 0.3) is 0 Å². The maximum Gasteiger partial charge on any atom is 0.412 e. The van der Waals surface area contributed by atoms with E-state index in [2.05, 4.69) is 21.2 Å². The number of amides is 1. The van der Waals surface area contributed by atoms with E-state index in [1.165, 1.54) is 0 Å². The van der Waals surface area contributed by atoms with Crippen LogP contribution in [0.2, 0.25) is 0 Å². The highest BCUT2D eigenvalue weighted by atomic mass is 79.9. The number of halogens is 1. The number of benzene rings is 1. The lowest BCUT2D eigenvalue weighted by Gasteiger charge is -2.04. The van der Waals surface area contributed by atoms with Gasteiger partial charge in [0.1, 0.15) is 5.75 Å². The molecule has 1 aromatic carbocycles. The van der Waals surface area contributed by atoms with Gasteiger partial charge in [0.2, 0.25) is 0 Å². The monoisotopic (exact) mass is 243 g/mol. The molecule has 70 valence electrons. The van der Waals surface area contributed by atoms with Gasteiger partial charge >= 0.3 is 6.09 Å². The molecule has 1 rings (SSSR count). The summed E-state index contributed by atoms with van der Waals surface area (Å²) in [6.45, 7) is 2.40. The van der Waals surface area contributed by atoms with Crippen LogP contribution in [0.4, 0.5) is 4.79 Å². The van der Waals surface area contributed by atoms with E-state index in [-0.39, 0.29) is 0 Å². The normalized spacial score (nSPS) is 9.38. The summed E-state index contributed by atoms with van der Waals surface area (Å²) in [7, 11) is 0. The lowest BCUT2D eigenvalue weighted by atomic mass is 10.3. The fourth-order valence-electron chi connectivity index (χ4n) is 0.818. The van der Waals surface area contributed by atoms with E-state index in [4.69, 9.17) is 4.74 Å². The fourth-order valence-corrected chi connectivity index (χ4v) is 1.20. The topological polar surface area (TPSA) is 38.3 Å². The summed E-state index contributed by atoms with van der Waals surface area (Å²) in [6.07, 6.45) is -0.430. The van der Waals surface area contributed by atoms with Crippen LogP contribution in [0.25, 0.3) is 0 Å². The molecule has 4 heteroatoms. The molecule has 0 heterocycles. The summed E-state index contributed by atoms with van der Waals surface area (Å²) in [5.74, 6) is 0.528. The molecule has 3 nitrogen and oxygen atoms in total. The molecule has 0 aromatic heterocycles. The first-order valence-corrected chi connectivity index (χ1v) is 4.73. The molecule has 1 aromatic rings. The van der Waals surface area contributed by atoms with E-state index in [1.807, 2.05) is 13.0 Å². The standard InChI is InChI=1S/C9H10BrNO2/c1-2-11-9(12)13-8-5-3-4-7(10)6-8/h3-6H,2H2,1H3,(H,11,12). The predicted molar refractivity (Wildman–Crippen MR) is 53.8 cm³/mol. The van der Waals surface area contributed by atoms with Crippen LogP contribution >= 0.6 is 15.9 Å². The molecule has 0 radical (unpaired) electrons. The Balaban J connectivity index is 2.58. The average molecular weight is 244 g/mol. The van der Waals surface area contributed by atoms with Gasteiger partial charge in [-0.1, -0.05) is 22.0 Å². The van der Waals surface area contributed by atoms with E-state index in [1.54, 1.807) is 18.2 Å². The molecular weight excluding hydrogens is 234 g/mol. The van der Waals surface area contributed by atoms with Crippen LogP contribution in [0.3, 0.4) is 0 Å². The lowest BCUT2D eigenvalue weighted by Crippen LogP contribution is -2.26. The van der Waals surface area contributed by atoms with Crippen molar-refractivity contribution in [2.24, 2.45) is 0 Å². The summed E-state index contributed by atoms with van der Waals surface area (Å²) < 4.78 is 5.84. The zero-order valence-electron chi connectivity index (χ0n) is 7.21. The minimum absolute atomic E-state index is 0.430. The Morgan fingerprint density at radius 1 is 1.62 bits per heavy atom. The molecule has 0 unspecified atom stereocenters. The van der Waals surface area contributed by atoms with E-state index in [9.17, 15) is 4.79 Å². The maximum atomic E-state index is 11.0. The van der Waals surface area contributed by atoms with Crippen molar-refractivity contribution in [2.45, 2.75) is 6.92 Å². The van der Waals surface area contributed by atoms with Crippen molar-refractivity contribution in [2.75, 3.05) is 6.54 Å². The number of carbonyl (C=O) groups excluding carboxylic acids is 1. The summed E-state index contributed by atoms with van der Waals surface area (Å²) in [5.41, 5.74) is 0. The van der Waals surface area contributed by atoms with Crippen LogP contribution in [-0.2, 0) is 0 Å². The highest BCUT2D eigenvalue weighted by Gasteiger charge is 2.01. The molecule has 0 aliphatic heterocycles. The van der Waals surface area contributed by atoms with Crippen molar-refractivity contribution >= 4 is 22.0 Å². The van der Waals surface area contributed by atoms with Crippen molar-refractivity contribution in [1.82, 2.24) is 5.32 Å². The average Bonchev–Trinajstić information content (AvgIpc) is 2.04. The molecule has 0 bridgehead atoms. The van der Waals surface area contributed by atoms with Gasteiger partial charge in [0.05, 0.1) is 0 Å². The maximum absolute atomic E-state index is 11.0. The minimum atomic E-state index is -0.430. The number of ether oxygens (including phenoxy) is 1. The molecule has 1 amide bonds. The van der Waals surface area contributed by atoms with Crippen molar-refractivity contribution < 1.29 is 9.53 Å². The molecular formula is C9H10BrNO2. The number of hydrogen-bond acceptors (Lipinski definition) is 2. The van der Waals surface area contributed by atoms with Crippen molar-refractivity contribution in [3.05, 3.63) is 28.7 Å². The fraction of sp³-hybridized carbons (Fsp3) is 0.222. The van der Waals surface area contributed by atoms with E-state index in [0.29, 0.717) is 12.3 Å². The van der Waals surface area contributed by atoms with E-state index < -0.39 is 6.09 Å². The quantitative estimate of drug-likeness (QED) is 0.868. The Morgan fingerprint density at radius 2 is 2.38 bits per heavy atom. The van der Waals surface area contributed by atoms with Crippen LogP contribution in [0.1, 0.15) is 6.92 Å². The number of carbonyl (C=O) groups is 1. The number of rotatable bonds is 2. The Hall–Kier alpha value is -1.03. The molecule has 0 saturated carbocycles. The second kappa shape index (κ2) is 4.87. The van der Waals surface area contributed by atoms with Gasteiger partial charge in [0.15, 0.2) is 0 Å². The van der Waals surface area contributed by atoms with Crippen molar-refractivity contribution in [3.8, 4) is 5.75 Å². The third-order valence-electron chi connectivity index (χ3n) is 1.33. The third-order valence-corrected chi connectivity index (χ3v) is 1.82. The molecule has 0 saturated heterocycles. The smallest absolute Gasteiger partial charge is 0.410 e. The predicted octanol–water partition coefficient (Wildman–Crippen LogP) is 2.56. The van der Waals surface area contributed by atoms with Gasteiger partial charge in [-0.3, -0.25) is 0 Å². The van der Waals surface area contributed by atoms with Crippen LogP contribution < -0.4 is 10.1 Å². The SMILES string of the molecule is CCNC(=O)Oc1cccc(Br)c1. The Bertz CT molecular complexity index is 301. The van der Waals surface area contributed by atoms with Gasteiger partial charge in [-0.2, -0.15) is 0 Å². The first-order chi connectivity index (χ1) is 6.22. The Morgan fingerprint density at radius 3 is 3.00 bits per heavy atom. The van der Waals surface area contributed by atoms with E-state index >= 15 is 0 Å². The second-order valence-electron chi connectivity index (χ2n) is 2.38. The summed E-state index contributed by atoms with van der Waals surface area (Å²) in [6, 6.07) is 7.12. The van der Waals surface area contributed by atoms with Crippen molar-refractivity contribution in [1.29, 1.82) is 0 Å². The zero-order chi connectivity index (χ0) is 9.68. The van der Waals surface area contributed by atoms with E-state index in [0.717, 1.165) is 4.47 Å². The van der Waals surface area contributed by atoms with Crippen LogP contribution in [0.5, 0.6) is 5.75 Å². The number of hydrogen-bond donors (Lipinski definition) is 1. The Kier molecular flexibility index (Phi) is 3.76. The zero-order valence-corrected chi connectivity index (χ0v) is 8.80. The second-order valence-corrected chi connectivity index (χ2v) is 3.29. The summed E-state index contributed by atoms with van der Waals surface area (Å²) in [4.78, 5) is 11.0. The molecule has 1 N–H and O–H groups in total. The van der Waals surface area contributed by atoms with Gasteiger partial charge < -0.3 is 10.1 Å². The first-order valence-electron chi connectivity index (χ1n) is 3.93. The van der Waals surface area contributed by atoms with Crippen LogP contribution in [0.15, 0.2) is 28.7 Å². The van der Waals surface area contributed by atoms with Crippen molar-refractivity contribution in [3.63, 3.8) is 0 Å². The highest BCUT2D eigenvalue weighted by Crippen LogP contribution is 2.17. The molecule has 13 heavy (non-hydrogen) atoms. The van der Waals surface area contributed by atoms with Gasteiger partial charge in [-0.05, 0) is 25.1 Å². The lowest BCUT2D eigenvalue weighted by molar-refractivity contribution is 0.201. The van der Waals surface area contributed by atoms with Gasteiger partial charge in [-0.25, -0.2) is 4.79 Å². The Labute approximate surface area is 85.2 Å². The minimum Gasteiger partial charge on any atom is -0.410 e. The van der Waals surface area contributed by atoms with Gasteiger partial charge in [-0.15, -0.1) is 0 Å². The van der Waals surface area contributed by atoms with Crippen LogP contribution in [-0.4, -0.2) is 12.6 Å². The molecule has 0 spiro atoms. The summed E-state index contributed by atoms with van der Waals surface area (Å²) >= 11 is 3.28. The largest absolute Gasteiger partial charge is 0.412 e.